The minimum absolute atomic E-state index is 0.360. The molecule has 2 heterocycles. The van der Waals surface area contributed by atoms with E-state index in [4.69, 9.17) is 18.9 Å². The summed E-state index contributed by atoms with van der Waals surface area (Å²) in [7, 11) is 0. The van der Waals surface area contributed by atoms with Crippen molar-refractivity contribution in [2.75, 3.05) is 13.6 Å². The minimum Gasteiger partial charge on any atom is -0.454 e. The molecule has 21 heavy (non-hydrogen) atoms. The van der Waals surface area contributed by atoms with E-state index in [1.165, 1.54) is 11.1 Å². The maximum Gasteiger partial charge on any atom is 0.231 e. The molecule has 0 spiro atoms. The van der Waals surface area contributed by atoms with Crippen LogP contribution in [0.2, 0.25) is 0 Å². The predicted molar refractivity (Wildman–Crippen MR) is 79.2 cm³/mol. The summed E-state index contributed by atoms with van der Waals surface area (Å²) in [5, 5.41) is 0. The Morgan fingerprint density at radius 2 is 1.33 bits per heavy atom. The second kappa shape index (κ2) is 5.95. The first kappa shape index (κ1) is 13.6. The second-order valence-corrected chi connectivity index (χ2v) is 4.90. The standard InChI is InChI=1S/C9H10O2.C8H8O2/c1-2-7-3-4-8-9(5-7)11-6-10-8;1-6-2-3-7-8(4-6)10-5-9-7/h3-5H,2,6H2,1H3;2-4H,5H2,1H3. The molecular formula is C17H18O4. The Balaban J connectivity index is 0.000000126. The van der Waals surface area contributed by atoms with Crippen LogP contribution in [0.25, 0.3) is 0 Å². The summed E-state index contributed by atoms with van der Waals surface area (Å²) in [5.74, 6) is 3.46. The van der Waals surface area contributed by atoms with Gasteiger partial charge in [-0.25, -0.2) is 0 Å². The lowest BCUT2D eigenvalue weighted by Crippen LogP contribution is -1.92. The predicted octanol–water partition coefficient (Wildman–Crippen LogP) is 3.70. The molecule has 2 aliphatic heterocycles. The first-order valence-electron chi connectivity index (χ1n) is 7.01. The molecule has 0 saturated carbocycles. The van der Waals surface area contributed by atoms with Crippen LogP contribution in [0.3, 0.4) is 0 Å². The molecule has 0 amide bonds. The van der Waals surface area contributed by atoms with Crippen LogP contribution in [-0.4, -0.2) is 13.6 Å². The lowest BCUT2D eigenvalue weighted by molar-refractivity contribution is 0.173. The van der Waals surface area contributed by atoms with Crippen molar-refractivity contribution < 1.29 is 18.9 Å². The van der Waals surface area contributed by atoms with Gasteiger partial charge in [0, 0.05) is 0 Å². The minimum atomic E-state index is 0.360. The van der Waals surface area contributed by atoms with E-state index in [9.17, 15) is 0 Å². The van der Waals surface area contributed by atoms with E-state index < -0.39 is 0 Å². The first-order valence-corrected chi connectivity index (χ1v) is 7.01. The van der Waals surface area contributed by atoms with Crippen molar-refractivity contribution in [2.45, 2.75) is 20.3 Å². The molecule has 0 atom stereocenters. The van der Waals surface area contributed by atoms with Gasteiger partial charge in [-0.1, -0.05) is 19.1 Å². The molecular weight excluding hydrogens is 268 g/mol. The number of hydrogen-bond acceptors (Lipinski definition) is 4. The topological polar surface area (TPSA) is 36.9 Å². The molecule has 0 unspecified atom stereocenters. The van der Waals surface area contributed by atoms with Gasteiger partial charge in [-0.05, 0) is 48.7 Å². The van der Waals surface area contributed by atoms with E-state index in [0.717, 1.165) is 29.4 Å². The third-order valence-electron chi connectivity index (χ3n) is 3.37. The van der Waals surface area contributed by atoms with Crippen LogP contribution >= 0.6 is 0 Å². The monoisotopic (exact) mass is 286 g/mol. The van der Waals surface area contributed by atoms with Gasteiger partial charge < -0.3 is 18.9 Å². The molecule has 0 radical (unpaired) electrons. The van der Waals surface area contributed by atoms with Gasteiger partial charge in [-0.2, -0.15) is 0 Å². The van der Waals surface area contributed by atoms with Crippen molar-refractivity contribution in [3.63, 3.8) is 0 Å². The van der Waals surface area contributed by atoms with Crippen LogP contribution in [-0.2, 0) is 6.42 Å². The van der Waals surface area contributed by atoms with Crippen molar-refractivity contribution in [1.29, 1.82) is 0 Å². The van der Waals surface area contributed by atoms with Gasteiger partial charge in [0.2, 0.25) is 13.6 Å². The Bertz CT molecular complexity index is 637. The molecule has 0 saturated heterocycles. The highest BCUT2D eigenvalue weighted by molar-refractivity contribution is 5.44. The number of aryl methyl sites for hydroxylation is 2. The summed E-state index contributed by atoms with van der Waals surface area (Å²) in [5.41, 5.74) is 2.48. The van der Waals surface area contributed by atoms with Gasteiger partial charge in [0.05, 0.1) is 0 Å². The summed E-state index contributed by atoms with van der Waals surface area (Å²) >= 11 is 0. The fraction of sp³-hybridized carbons (Fsp3) is 0.294. The van der Waals surface area contributed by atoms with Crippen molar-refractivity contribution in [2.24, 2.45) is 0 Å². The van der Waals surface area contributed by atoms with Crippen LogP contribution in [0, 0.1) is 6.92 Å². The van der Waals surface area contributed by atoms with E-state index in [-0.39, 0.29) is 0 Å². The van der Waals surface area contributed by atoms with E-state index in [1.54, 1.807) is 0 Å². The quantitative estimate of drug-likeness (QED) is 0.801. The van der Waals surface area contributed by atoms with Gasteiger partial charge in [0.15, 0.2) is 23.0 Å². The van der Waals surface area contributed by atoms with Crippen molar-refractivity contribution in [3.05, 3.63) is 47.5 Å². The van der Waals surface area contributed by atoms with Crippen LogP contribution in [0.1, 0.15) is 18.1 Å². The first-order chi connectivity index (χ1) is 10.3. The second-order valence-electron chi connectivity index (χ2n) is 4.90. The van der Waals surface area contributed by atoms with Crippen LogP contribution < -0.4 is 18.9 Å². The molecule has 0 fully saturated rings. The summed E-state index contributed by atoms with van der Waals surface area (Å²) in [6.07, 6.45) is 1.04. The molecule has 4 heteroatoms. The van der Waals surface area contributed by atoms with Crippen molar-refractivity contribution in [3.8, 4) is 23.0 Å². The van der Waals surface area contributed by atoms with Gasteiger partial charge in [-0.3, -0.25) is 0 Å². The number of hydrogen-bond donors (Lipinski definition) is 0. The maximum atomic E-state index is 5.22. The lowest BCUT2D eigenvalue weighted by atomic mass is 10.1. The maximum absolute atomic E-state index is 5.22. The van der Waals surface area contributed by atoms with E-state index in [0.29, 0.717) is 13.6 Å². The molecule has 0 N–H and O–H groups in total. The third kappa shape index (κ3) is 3.05. The highest BCUT2D eigenvalue weighted by atomic mass is 16.7. The molecule has 2 aromatic carbocycles. The number of fused-ring (bicyclic) bond motifs is 2. The molecule has 0 aromatic heterocycles. The molecule has 4 nitrogen and oxygen atoms in total. The van der Waals surface area contributed by atoms with Crippen LogP contribution in [0.4, 0.5) is 0 Å². The fourth-order valence-corrected chi connectivity index (χ4v) is 2.16. The number of benzene rings is 2. The summed E-state index contributed by atoms with van der Waals surface area (Å²) in [6.45, 7) is 4.88. The average Bonchev–Trinajstić information content (AvgIpc) is 3.15. The van der Waals surface area contributed by atoms with Gasteiger partial charge in [0.1, 0.15) is 0 Å². The summed E-state index contributed by atoms with van der Waals surface area (Å²) in [4.78, 5) is 0. The average molecular weight is 286 g/mol. The summed E-state index contributed by atoms with van der Waals surface area (Å²) < 4.78 is 20.7. The van der Waals surface area contributed by atoms with Crippen molar-refractivity contribution in [1.82, 2.24) is 0 Å². The molecule has 0 aliphatic carbocycles. The van der Waals surface area contributed by atoms with E-state index >= 15 is 0 Å². The zero-order valence-corrected chi connectivity index (χ0v) is 12.2. The van der Waals surface area contributed by atoms with Crippen molar-refractivity contribution >= 4 is 0 Å². The number of ether oxygens (including phenoxy) is 4. The zero-order chi connectivity index (χ0) is 14.7. The Morgan fingerprint density at radius 1 is 0.762 bits per heavy atom. The molecule has 4 rings (SSSR count). The van der Waals surface area contributed by atoms with Gasteiger partial charge >= 0.3 is 0 Å². The highest BCUT2D eigenvalue weighted by Crippen LogP contribution is 2.33. The Morgan fingerprint density at radius 3 is 2.00 bits per heavy atom. The third-order valence-corrected chi connectivity index (χ3v) is 3.37. The largest absolute Gasteiger partial charge is 0.454 e. The Kier molecular flexibility index (Phi) is 3.86. The van der Waals surface area contributed by atoms with Gasteiger partial charge in [-0.15, -0.1) is 0 Å². The fourth-order valence-electron chi connectivity index (χ4n) is 2.16. The molecule has 2 aliphatic rings. The highest BCUT2D eigenvalue weighted by Gasteiger charge is 2.12. The van der Waals surface area contributed by atoms with E-state index in [2.05, 4.69) is 13.0 Å². The molecule has 2 aromatic rings. The zero-order valence-electron chi connectivity index (χ0n) is 12.2. The van der Waals surface area contributed by atoms with Gasteiger partial charge in [0.25, 0.3) is 0 Å². The van der Waals surface area contributed by atoms with Crippen LogP contribution in [0.15, 0.2) is 36.4 Å². The smallest absolute Gasteiger partial charge is 0.231 e. The Labute approximate surface area is 124 Å². The molecule has 0 bridgehead atoms. The molecule has 110 valence electrons. The number of rotatable bonds is 1. The SMILES string of the molecule is CCc1ccc2c(c1)OCO2.Cc1ccc2c(c1)OCO2. The van der Waals surface area contributed by atoms with Crippen LogP contribution in [0.5, 0.6) is 23.0 Å². The lowest BCUT2D eigenvalue weighted by Gasteiger charge is -1.97. The Hall–Kier alpha value is -2.36. The summed E-state index contributed by atoms with van der Waals surface area (Å²) in [6, 6.07) is 12.0. The van der Waals surface area contributed by atoms with E-state index in [1.807, 2.05) is 37.3 Å². The normalized spacial score (nSPS) is 13.6.